The lowest BCUT2D eigenvalue weighted by atomic mass is 10.2. The molecule has 0 aliphatic heterocycles. The summed E-state index contributed by atoms with van der Waals surface area (Å²) in [5.41, 5.74) is 2.54. The Balaban J connectivity index is 1.73. The number of hydrogen-bond donors (Lipinski definition) is 3. The van der Waals surface area contributed by atoms with Crippen LogP contribution in [0.4, 0.5) is 10.6 Å². The Bertz CT molecular complexity index is 1320. The van der Waals surface area contributed by atoms with Crippen molar-refractivity contribution in [1.82, 2.24) is 29.8 Å². The van der Waals surface area contributed by atoms with Gasteiger partial charge in [0.1, 0.15) is 22.5 Å². The predicted octanol–water partition coefficient (Wildman–Crippen LogP) is 3.28. The van der Waals surface area contributed by atoms with Gasteiger partial charge in [-0.3, -0.25) is 9.36 Å². The number of nitrogens with one attached hydrogen (secondary N) is 2. The van der Waals surface area contributed by atoms with Crippen molar-refractivity contribution in [3.8, 4) is 0 Å². The van der Waals surface area contributed by atoms with Crippen LogP contribution in [-0.2, 0) is 6.54 Å². The second-order valence-electron chi connectivity index (χ2n) is 6.74. The molecule has 1 aromatic carbocycles. The standard InChI is InChI=1S/C19H18ClN7O3S/c1-10(25-15-14-17(23-8-22-15)31-9-24-14)16-26-12-5-2-4-11(20)13(12)18(28)27(16)7-3-6-21-19(29)30/h2,4-5,8-10,21H,3,6-7H2,1H3,(H,29,30)(H,22,23,25). The Hall–Kier alpha value is -3.31. The summed E-state index contributed by atoms with van der Waals surface area (Å²) < 4.78 is 1.52. The molecular weight excluding hydrogens is 442 g/mol. The summed E-state index contributed by atoms with van der Waals surface area (Å²) in [6.07, 6.45) is 0.750. The molecule has 3 N–H and O–H groups in total. The number of halogens is 1. The Kier molecular flexibility index (Phi) is 5.96. The minimum absolute atomic E-state index is 0.203. The maximum absolute atomic E-state index is 13.3. The number of carboxylic acid groups (broad SMARTS) is 1. The van der Waals surface area contributed by atoms with E-state index in [1.165, 1.54) is 22.2 Å². The Morgan fingerprint density at radius 2 is 2.16 bits per heavy atom. The van der Waals surface area contributed by atoms with E-state index in [2.05, 4.69) is 25.6 Å². The monoisotopic (exact) mass is 459 g/mol. The topological polar surface area (TPSA) is 135 Å². The highest BCUT2D eigenvalue weighted by Gasteiger charge is 2.19. The molecule has 31 heavy (non-hydrogen) atoms. The fraction of sp³-hybridized carbons (Fsp3) is 0.263. The molecule has 1 unspecified atom stereocenters. The number of nitrogens with zero attached hydrogens (tertiary/aromatic N) is 5. The van der Waals surface area contributed by atoms with Crippen LogP contribution in [0.5, 0.6) is 0 Å². The second kappa shape index (κ2) is 8.82. The number of hydrogen-bond acceptors (Lipinski definition) is 8. The van der Waals surface area contributed by atoms with Crippen LogP contribution in [-0.4, -0.2) is 42.2 Å². The van der Waals surface area contributed by atoms with Crippen LogP contribution in [0.15, 0.2) is 34.8 Å². The third-order valence-corrected chi connectivity index (χ3v) is 5.72. The summed E-state index contributed by atoms with van der Waals surface area (Å²) in [5, 5.41) is 15.0. The van der Waals surface area contributed by atoms with Crippen LogP contribution in [0.25, 0.3) is 21.3 Å². The maximum atomic E-state index is 13.3. The van der Waals surface area contributed by atoms with Gasteiger partial charge in [0.05, 0.1) is 27.5 Å². The molecule has 0 saturated heterocycles. The van der Waals surface area contributed by atoms with Crippen molar-refractivity contribution < 1.29 is 9.90 Å². The van der Waals surface area contributed by atoms with Crippen molar-refractivity contribution in [1.29, 1.82) is 0 Å². The van der Waals surface area contributed by atoms with Gasteiger partial charge >= 0.3 is 6.09 Å². The van der Waals surface area contributed by atoms with E-state index in [0.717, 1.165) is 4.83 Å². The molecule has 4 aromatic rings. The summed E-state index contributed by atoms with van der Waals surface area (Å²) in [7, 11) is 0. The fourth-order valence-electron chi connectivity index (χ4n) is 3.29. The number of amides is 1. The third-order valence-electron chi connectivity index (χ3n) is 4.67. The molecule has 3 heterocycles. The van der Waals surface area contributed by atoms with E-state index >= 15 is 0 Å². The molecule has 0 bridgehead atoms. The molecule has 0 saturated carbocycles. The molecule has 10 nitrogen and oxygen atoms in total. The van der Waals surface area contributed by atoms with Crippen molar-refractivity contribution in [2.75, 3.05) is 11.9 Å². The smallest absolute Gasteiger partial charge is 0.404 e. The zero-order chi connectivity index (χ0) is 22.0. The Morgan fingerprint density at radius 1 is 1.32 bits per heavy atom. The first-order chi connectivity index (χ1) is 15.0. The summed E-state index contributed by atoms with van der Waals surface area (Å²) in [6, 6.07) is 4.72. The van der Waals surface area contributed by atoms with Gasteiger partial charge in [-0.1, -0.05) is 17.7 Å². The quantitative estimate of drug-likeness (QED) is 0.358. The first-order valence-electron chi connectivity index (χ1n) is 9.42. The maximum Gasteiger partial charge on any atom is 0.404 e. The van der Waals surface area contributed by atoms with Crippen molar-refractivity contribution in [3.63, 3.8) is 0 Å². The Morgan fingerprint density at radius 3 is 2.97 bits per heavy atom. The molecule has 12 heteroatoms. The molecule has 3 aromatic heterocycles. The van der Waals surface area contributed by atoms with E-state index in [1.54, 1.807) is 23.7 Å². The van der Waals surface area contributed by atoms with Crippen LogP contribution in [0.2, 0.25) is 5.02 Å². The van der Waals surface area contributed by atoms with Gasteiger partial charge in [0.15, 0.2) is 5.82 Å². The first kappa shape index (κ1) is 20.9. The van der Waals surface area contributed by atoms with Gasteiger partial charge in [0, 0.05) is 13.1 Å². The number of carbonyl (C=O) groups is 1. The van der Waals surface area contributed by atoms with Crippen LogP contribution in [0.3, 0.4) is 0 Å². The van der Waals surface area contributed by atoms with Crippen LogP contribution in [0.1, 0.15) is 25.2 Å². The zero-order valence-electron chi connectivity index (χ0n) is 16.4. The van der Waals surface area contributed by atoms with Gasteiger partial charge in [-0.15, -0.1) is 11.3 Å². The average Bonchev–Trinajstić information content (AvgIpc) is 3.22. The lowest BCUT2D eigenvalue weighted by Crippen LogP contribution is -2.31. The van der Waals surface area contributed by atoms with Gasteiger partial charge in [-0.05, 0) is 25.5 Å². The van der Waals surface area contributed by atoms with Gasteiger partial charge in [-0.2, -0.15) is 0 Å². The third kappa shape index (κ3) is 4.28. The number of thiazole rings is 1. The number of benzene rings is 1. The number of rotatable bonds is 7. The number of aromatic nitrogens is 5. The molecule has 0 fully saturated rings. The van der Waals surface area contributed by atoms with E-state index in [9.17, 15) is 9.59 Å². The van der Waals surface area contributed by atoms with Crippen LogP contribution < -0.4 is 16.2 Å². The van der Waals surface area contributed by atoms with E-state index < -0.39 is 12.1 Å². The van der Waals surface area contributed by atoms with Gasteiger partial charge in [0.25, 0.3) is 5.56 Å². The highest BCUT2D eigenvalue weighted by Crippen LogP contribution is 2.26. The SMILES string of the molecule is CC(Nc1ncnc2scnc12)c1nc2cccc(Cl)c2c(=O)n1CCCNC(=O)O. The summed E-state index contributed by atoms with van der Waals surface area (Å²) >= 11 is 7.68. The molecule has 1 amide bonds. The summed E-state index contributed by atoms with van der Waals surface area (Å²) in [4.78, 5) is 42.2. The van der Waals surface area contributed by atoms with Gasteiger partial charge in [0.2, 0.25) is 0 Å². The van der Waals surface area contributed by atoms with E-state index in [4.69, 9.17) is 21.7 Å². The van der Waals surface area contributed by atoms with Crippen molar-refractivity contribution in [3.05, 3.63) is 51.2 Å². The minimum Gasteiger partial charge on any atom is -0.465 e. The Labute approximate surface area is 185 Å². The highest BCUT2D eigenvalue weighted by atomic mass is 35.5. The predicted molar refractivity (Wildman–Crippen MR) is 119 cm³/mol. The molecule has 0 aliphatic rings. The van der Waals surface area contributed by atoms with E-state index in [1.807, 2.05) is 6.92 Å². The lowest BCUT2D eigenvalue weighted by molar-refractivity contribution is 0.194. The molecule has 1 atom stereocenters. The largest absolute Gasteiger partial charge is 0.465 e. The van der Waals surface area contributed by atoms with E-state index in [-0.39, 0.29) is 18.6 Å². The van der Waals surface area contributed by atoms with Gasteiger partial charge < -0.3 is 15.7 Å². The first-order valence-corrected chi connectivity index (χ1v) is 10.7. The summed E-state index contributed by atoms with van der Waals surface area (Å²) in [6.45, 7) is 2.34. The minimum atomic E-state index is -1.11. The normalized spacial score (nSPS) is 12.2. The average molecular weight is 460 g/mol. The van der Waals surface area contributed by atoms with Crippen LogP contribution in [0, 0.1) is 0 Å². The fourth-order valence-corrected chi connectivity index (χ4v) is 4.17. The number of anilines is 1. The highest BCUT2D eigenvalue weighted by molar-refractivity contribution is 7.16. The number of fused-ring (bicyclic) bond motifs is 2. The lowest BCUT2D eigenvalue weighted by Gasteiger charge is -2.20. The molecule has 0 aliphatic carbocycles. The van der Waals surface area contributed by atoms with Gasteiger partial charge in [-0.25, -0.2) is 24.7 Å². The van der Waals surface area contributed by atoms with Crippen LogP contribution >= 0.6 is 22.9 Å². The van der Waals surface area contributed by atoms with Crippen molar-refractivity contribution >= 4 is 56.1 Å². The molecule has 4 rings (SSSR count). The second-order valence-corrected chi connectivity index (χ2v) is 7.98. The van der Waals surface area contributed by atoms with E-state index in [0.29, 0.717) is 39.5 Å². The van der Waals surface area contributed by atoms with Crippen molar-refractivity contribution in [2.45, 2.75) is 25.9 Å². The molecule has 0 spiro atoms. The zero-order valence-corrected chi connectivity index (χ0v) is 17.9. The molecular formula is C19H18ClN7O3S. The summed E-state index contributed by atoms with van der Waals surface area (Å²) in [5.74, 6) is 1.02. The van der Waals surface area contributed by atoms with Crippen molar-refractivity contribution in [2.24, 2.45) is 0 Å². The molecule has 160 valence electrons. The molecule has 0 radical (unpaired) electrons.